The van der Waals surface area contributed by atoms with Gasteiger partial charge < -0.3 is 0 Å². The van der Waals surface area contributed by atoms with E-state index in [0.717, 1.165) is 27.4 Å². The van der Waals surface area contributed by atoms with Crippen molar-refractivity contribution >= 4 is 75.0 Å². The van der Waals surface area contributed by atoms with Gasteiger partial charge in [-0.1, -0.05) is 153 Å². The maximum absolute atomic E-state index is 5.62. The van der Waals surface area contributed by atoms with Crippen molar-refractivity contribution in [3.05, 3.63) is 151 Å². The van der Waals surface area contributed by atoms with Gasteiger partial charge in [-0.15, -0.1) is 11.3 Å². The van der Waals surface area contributed by atoms with Crippen molar-refractivity contribution in [2.24, 2.45) is 0 Å². The Kier molecular flexibility index (Phi) is 5.87. The van der Waals surface area contributed by atoms with E-state index in [-0.39, 0.29) is 5.41 Å². The second kappa shape index (κ2) is 10.6. The molecule has 0 aliphatic heterocycles. The lowest BCUT2D eigenvalue weighted by Crippen LogP contribution is -2.28. The Morgan fingerprint density at radius 1 is 0.558 bits per heavy atom. The molecule has 52 heavy (non-hydrogen) atoms. The third kappa shape index (κ3) is 3.70. The number of hydrogen-bond donors (Lipinski definition) is 0. The summed E-state index contributed by atoms with van der Waals surface area (Å²) in [5.74, 6) is 0.726. The molecular formula is C48H33N3S. The van der Waals surface area contributed by atoms with Gasteiger partial charge in [0.25, 0.3) is 0 Å². The van der Waals surface area contributed by atoms with Gasteiger partial charge in [0.1, 0.15) is 0 Å². The summed E-state index contributed by atoms with van der Waals surface area (Å²) in [6.07, 6.45) is 6.13. The molecule has 3 heterocycles. The maximum atomic E-state index is 5.62. The van der Waals surface area contributed by atoms with Crippen molar-refractivity contribution < 1.29 is 0 Å². The van der Waals surface area contributed by atoms with Crippen LogP contribution in [-0.4, -0.2) is 14.5 Å². The van der Waals surface area contributed by atoms with Gasteiger partial charge in [0.15, 0.2) is 0 Å². The van der Waals surface area contributed by atoms with Crippen LogP contribution in [0.4, 0.5) is 0 Å². The molecule has 7 aromatic carbocycles. The first-order valence-electron chi connectivity index (χ1n) is 18.6. The minimum absolute atomic E-state index is 0.0270. The number of aromatic nitrogens is 3. The molecule has 1 fully saturated rings. The van der Waals surface area contributed by atoms with E-state index in [1.165, 1.54) is 108 Å². The fraction of sp³-hybridized carbons (Fsp3) is 0.125. The predicted octanol–water partition coefficient (Wildman–Crippen LogP) is 13.1. The van der Waals surface area contributed by atoms with Crippen LogP contribution < -0.4 is 0 Å². The van der Waals surface area contributed by atoms with E-state index in [0.29, 0.717) is 0 Å². The maximum Gasteiger partial charge on any atom is 0.235 e. The zero-order valence-corrected chi connectivity index (χ0v) is 29.4. The molecular weight excluding hydrogens is 651 g/mol. The van der Waals surface area contributed by atoms with Gasteiger partial charge in [-0.2, -0.15) is 0 Å². The van der Waals surface area contributed by atoms with Gasteiger partial charge in [0, 0.05) is 42.6 Å². The van der Waals surface area contributed by atoms with Crippen molar-refractivity contribution in [1.82, 2.24) is 14.5 Å². The highest BCUT2D eigenvalue weighted by atomic mass is 32.1. The fourth-order valence-electron chi connectivity index (χ4n) is 10.1. The molecule has 1 spiro atoms. The Morgan fingerprint density at radius 2 is 1.27 bits per heavy atom. The number of fused-ring (bicyclic) bond motifs is 17. The highest BCUT2D eigenvalue weighted by molar-refractivity contribution is 7.26. The summed E-state index contributed by atoms with van der Waals surface area (Å²) in [5.41, 5.74) is 11.4. The van der Waals surface area contributed by atoms with Crippen LogP contribution in [0.5, 0.6) is 0 Å². The van der Waals surface area contributed by atoms with Gasteiger partial charge in [0.2, 0.25) is 5.95 Å². The minimum Gasteiger partial charge on any atom is -0.277 e. The Hall–Kier alpha value is -5.84. The molecule has 0 amide bonds. The lowest BCUT2D eigenvalue weighted by atomic mass is 9.66. The molecule has 1 saturated carbocycles. The van der Waals surface area contributed by atoms with Crippen LogP contribution in [-0.2, 0) is 5.41 Å². The molecule has 10 aromatic rings. The molecule has 0 bridgehead atoms. The van der Waals surface area contributed by atoms with Gasteiger partial charge >= 0.3 is 0 Å². The van der Waals surface area contributed by atoms with Crippen molar-refractivity contribution in [3.63, 3.8) is 0 Å². The molecule has 3 nitrogen and oxygen atoms in total. The first-order chi connectivity index (χ1) is 25.8. The Bertz CT molecular complexity index is 3110. The zero-order chi connectivity index (χ0) is 34.0. The molecule has 2 aliphatic carbocycles. The van der Waals surface area contributed by atoms with E-state index in [9.17, 15) is 0 Å². The van der Waals surface area contributed by atoms with E-state index in [1.807, 2.05) is 0 Å². The average Bonchev–Trinajstić information content (AvgIpc) is 3.85. The van der Waals surface area contributed by atoms with Crippen molar-refractivity contribution in [1.29, 1.82) is 0 Å². The molecule has 0 unspecified atom stereocenters. The minimum atomic E-state index is -0.0270. The molecule has 0 atom stereocenters. The van der Waals surface area contributed by atoms with Crippen LogP contribution in [0, 0.1) is 0 Å². The van der Waals surface area contributed by atoms with Gasteiger partial charge in [-0.25, -0.2) is 9.97 Å². The average molecular weight is 684 g/mol. The first-order valence-corrected chi connectivity index (χ1v) is 19.4. The molecule has 246 valence electrons. The molecule has 3 aromatic heterocycles. The number of nitrogens with zero attached hydrogens (tertiary/aromatic N) is 3. The Labute approximate surface area is 304 Å². The monoisotopic (exact) mass is 683 g/mol. The summed E-state index contributed by atoms with van der Waals surface area (Å²) in [6, 6.07) is 51.4. The van der Waals surface area contributed by atoms with E-state index in [4.69, 9.17) is 9.97 Å². The van der Waals surface area contributed by atoms with E-state index < -0.39 is 0 Å². The number of benzene rings is 7. The van der Waals surface area contributed by atoms with Crippen LogP contribution in [0.1, 0.15) is 43.2 Å². The van der Waals surface area contributed by atoms with Crippen molar-refractivity contribution in [3.8, 4) is 28.3 Å². The largest absolute Gasteiger partial charge is 0.277 e. The van der Waals surface area contributed by atoms with Gasteiger partial charge in [-0.05, 0) is 51.9 Å². The summed E-state index contributed by atoms with van der Waals surface area (Å²) in [6.45, 7) is 0. The number of hydrogen-bond acceptors (Lipinski definition) is 3. The van der Waals surface area contributed by atoms with Crippen LogP contribution >= 0.6 is 11.3 Å². The quantitative estimate of drug-likeness (QED) is 0.182. The van der Waals surface area contributed by atoms with Gasteiger partial charge in [0.05, 0.1) is 26.9 Å². The summed E-state index contributed by atoms with van der Waals surface area (Å²) in [4.78, 5) is 11.2. The topological polar surface area (TPSA) is 30.7 Å². The van der Waals surface area contributed by atoms with Crippen LogP contribution in [0.15, 0.2) is 140 Å². The highest BCUT2D eigenvalue weighted by Gasteiger charge is 2.46. The highest BCUT2D eigenvalue weighted by Crippen LogP contribution is 2.61. The normalized spacial score (nSPS) is 15.1. The third-order valence-corrected chi connectivity index (χ3v) is 13.3. The van der Waals surface area contributed by atoms with Crippen LogP contribution in [0.2, 0.25) is 0 Å². The van der Waals surface area contributed by atoms with E-state index in [1.54, 1.807) is 11.3 Å². The molecule has 2 aliphatic rings. The molecule has 0 saturated heterocycles. The fourth-order valence-corrected chi connectivity index (χ4v) is 11.2. The van der Waals surface area contributed by atoms with Crippen LogP contribution in [0.25, 0.3) is 92.0 Å². The standard InChI is InChI=1S/C48H33N3S/c1-3-16-30(17-4-1)42-46-43(35-22-10-12-24-38(35)52-46)50-47(49-42)51-44-31-18-6-5-15-29(31)25-26-36(44)40-41-39(32-19-7-8-20-33(32)45(40)51)34-21-9-11-23-37(34)48(41)27-13-2-14-28-48/h1,3-12,15-26H,2,13-14,27-28H2. The number of rotatable bonds is 2. The first kappa shape index (κ1) is 28.8. The lowest BCUT2D eigenvalue weighted by molar-refractivity contribution is 0.355. The smallest absolute Gasteiger partial charge is 0.235 e. The summed E-state index contributed by atoms with van der Waals surface area (Å²) < 4.78 is 4.81. The van der Waals surface area contributed by atoms with Crippen molar-refractivity contribution in [2.45, 2.75) is 37.5 Å². The SMILES string of the molecule is c1ccc(-c2nc(-n3c4c5ccccc5ccc4c4c5c(c6ccccc6c43)-c3ccccc3C53CCCCC3)nc3c2sc2ccccc23)cc1. The van der Waals surface area contributed by atoms with Crippen LogP contribution in [0.3, 0.4) is 0 Å². The van der Waals surface area contributed by atoms with Crippen molar-refractivity contribution in [2.75, 3.05) is 0 Å². The Morgan fingerprint density at radius 3 is 2.13 bits per heavy atom. The Balaban J connectivity index is 1.34. The zero-order valence-electron chi connectivity index (χ0n) is 28.6. The summed E-state index contributed by atoms with van der Waals surface area (Å²) in [7, 11) is 0. The molecule has 12 rings (SSSR count). The summed E-state index contributed by atoms with van der Waals surface area (Å²) >= 11 is 1.79. The lowest BCUT2D eigenvalue weighted by Gasteiger charge is -2.36. The molecule has 4 heteroatoms. The molecule has 0 radical (unpaired) electrons. The predicted molar refractivity (Wildman–Crippen MR) is 219 cm³/mol. The van der Waals surface area contributed by atoms with E-state index >= 15 is 0 Å². The molecule has 0 N–H and O–H groups in total. The van der Waals surface area contributed by atoms with E-state index in [2.05, 4.69) is 144 Å². The summed E-state index contributed by atoms with van der Waals surface area (Å²) in [5, 5.41) is 8.85. The second-order valence-corrected chi connectivity index (χ2v) is 15.8. The number of thiophene rings is 1. The third-order valence-electron chi connectivity index (χ3n) is 12.2. The second-order valence-electron chi connectivity index (χ2n) is 14.7. The van der Waals surface area contributed by atoms with Gasteiger partial charge in [-0.3, -0.25) is 4.57 Å².